The van der Waals surface area contributed by atoms with Gasteiger partial charge in [0, 0.05) is 0 Å². The molecule has 0 aromatic heterocycles. The Morgan fingerprint density at radius 2 is 1.88 bits per heavy atom. The van der Waals surface area contributed by atoms with Gasteiger partial charge in [-0.1, -0.05) is 29.8 Å². The first-order valence-corrected chi connectivity index (χ1v) is 8.89. The Morgan fingerprint density at radius 3 is 2.54 bits per heavy atom. The number of esters is 1. The van der Waals surface area contributed by atoms with E-state index in [0.29, 0.717) is 5.75 Å². The maximum absolute atomic E-state index is 12.0. The van der Waals surface area contributed by atoms with Gasteiger partial charge in [0.2, 0.25) is 10.0 Å². The summed E-state index contributed by atoms with van der Waals surface area (Å²) in [5.41, 5.74) is 1.01. The molecule has 0 amide bonds. The summed E-state index contributed by atoms with van der Waals surface area (Å²) in [4.78, 5) is 11.6. The fraction of sp³-hybridized carbons (Fsp3) is 0.188. The summed E-state index contributed by atoms with van der Waals surface area (Å²) in [5.74, 6) is 0.0153. The maximum atomic E-state index is 12.0. The van der Waals surface area contributed by atoms with Gasteiger partial charge in [-0.25, -0.2) is 18.4 Å². The number of benzene rings is 2. The lowest BCUT2D eigenvalue weighted by Gasteiger charge is -2.10. The van der Waals surface area contributed by atoms with Crippen LogP contribution in [0.5, 0.6) is 5.75 Å². The quantitative estimate of drug-likeness (QED) is 0.623. The van der Waals surface area contributed by atoms with Crippen molar-refractivity contribution in [1.29, 1.82) is 0 Å². The fourth-order valence-electron chi connectivity index (χ4n) is 1.94. The second-order valence-electron chi connectivity index (χ2n) is 4.94. The Labute approximate surface area is 145 Å². The number of hydrogen-bond donors (Lipinski definition) is 1. The van der Waals surface area contributed by atoms with Gasteiger partial charge in [0.05, 0.1) is 10.6 Å². The fourth-order valence-corrected chi connectivity index (χ4v) is 3.01. The third-order valence-corrected chi connectivity index (χ3v) is 4.53. The smallest absolute Gasteiger partial charge is 0.338 e. The van der Waals surface area contributed by atoms with E-state index in [-0.39, 0.29) is 28.7 Å². The van der Waals surface area contributed by atoms with E-state index in [1.54, 1.807) is 0 Å². The van der Waals surface area contributed by atoms with E-state index >= 15 is 0 Å². The summed E-state index contributed by atoms with van der Waals surface area (Å²) in [6.07, 6.45) is 0. The number of rotatable bonds is 6. The van der Waals surface area contributed by atoms with Crippen molar-refractivity contribution in [2.75, 3.05) is 13.2 Å². The number of ether oxygens (including phenoxy) is 2. The van der Waals surface area contributed by atoms with Crippen molar-refractivity contribution < 1.29 is 22.7 Å². The Bertz CT molecular complexity index is 851. The SMILES string of the molecule is Cc1ccccc1OCCOC(=O)c1ccc(Cl)c(S(N)(=O)=O)c1. The number of sulfonamides is 1. The molecule has 6 nitrogen and oxygen atoms in total. The highest BCUT2D eigenvalue weighted by atomic mass is 35.5. The topological polar surface area (TPSA) is 95.7 Å². The molecular weight excluding hydrogens is 354 g/mol. The van der Waals surface area contributed by atoms with Gasteiger partial charge in [-0.05, 0) is 36.8 Å². The van der Waals surface area contributed by atoms with Crippen molar-refractivity contribution in [2.45, 2.75) is 11.8 Å². The predicted octanol–water partition coefficient (Wildman–Crippen LogP) is 2.53. The monoisotopic (exact) mass is 369 g/mol. The van der Waals surface area contributed by atoms with Crippen molar-refractivity contribution in [3.8, 4) is 5.75 Å². The van der Waals surface area contributed by atoms with Crippen molar-refractivity contribution in [3.05, 3.63) is 58.6 Å². The van der Waals surface area contributed by atoms with Gasteiger partial charge >= 0.3 is 5.97 Å². The van der Waals surface area contributed by atoms with Gasteiger partial charge in [0.15, 0.2) is 0 Å². The van der Waals surface area contributed by atoms with E-state index in [4.69, 9.17) is 26.2 Å². The normalized spacial score (nSPS) is 11.1. The average Bonchev–Trinajstić information content (AvgIpc) is 2.52. The second kappa shape index (κ2) is 7.65. The number of halogens is 1. The second-order valence-corrected chi connectivity index (χ2v) is 6.88. The summed E-state index contributed by atoms with van der Waals surface area (Å²) in [5, 5.41) is 4.98. The zero-order chi connectivity index (χ0) is 17.7. The van der Waals surface area contributed by atoms with Crippen LogP contribution in [0.3, 0.4) is 0 Å². The molecule has 0 radical (unpaired) electrons. The van der Waals surface area contributed by atoms with E-state index in [2.05, 4.69) is 0 Å². The minimum absolute atomic E-state index is 0.0144. The van der Waals surface area contributed by atoms with Crippen LogP contribution in [0.1, 0.15) is 15.9 Å². The van der Waals surface area contributed by atoms with E-state index in [0.717, 1.165) is 11.6 Å². The highest BCUT2D eigenvalue weighted by Crippen LogP contribution is 2.22. The third-order valence-electron chi connectivity index (χ3n) is 3.14. The highest BCUT2D eigenvalue weighted by Gasteiger charge is 2.17. The molecule has 2 N–H and O–H groups in total. The summed E-state index contributed by atoms with van der Waals surface area (Å²) in [7, 11) is -4.02. The lowest BCUT2D eigenvalue weighted by molar-refractivity contribution is 0.0450. The highest BCUT2D eigenvalue weighted by molar-refractivity contribution is 7.89. The van der Waals surface area contributed by atoms with Gasteiger partial charge in [-0.15, -0.1) is 0 Å². The van der Waals surface area contributed by atoms with Crippen LogP contribution >= 0.6 is 11.6 Å². The molecular formula is C16H16ClNO5S. The van der Waals surface area contributed by atoms with Crippen LogP contribution in [0.25, 0.3) is 0 Å². The molecule has 0 fully saturated rings. The molecule has 0 spiro atoms. The molecule has 0 atom stereocenters. The maximum Gasteiger partial charge on any atom is 0.338 e. The molecule has 0 heterocycles. The number of primary sulfonamides is 1. The number of carbonyl (C=O) groups excluding carboxylic acids is 1. The molecule has 0 aliphatic carbocycles. The van der Waals surface area contributed by atoms with E-state index in [9.17, 15) is 13.2 Å². The van der Waals surface area contributed by atoms with E-state index < -0.39 is 16.0 Å². The number of carbonyl (C=O) groups is 1. The average molecular weight is 370 g/mol. The van der Waals surface area contributed by atoms with Gasteiger partial charge in [-0.2, -0.15) is 0 Å². The van der Waals surface area contributed by atoms with Crippen LogP contribution in [0, 0.1) is 6.92 Å². The van der Waals surface area contributed by atoms with E-state index in [1.165, 1.54) is 12.1 Å². The first kappa shape index (κ1) is 18.3. The molecule has 8 heteroatoms. The number of para-hydroxylation sites is 1. The van der Waals surface area contributed by atoms with E-state index in [1.807, 2.05) is 31.2 Å². The largest absolute Gasteiger partial charge is 0.490 e. The van der Waals surface area contributed by atoms with Gasteiger partial charge in [0.25, 0.3) is 0 Å². The van der Waals surface area contributed by atoms with Crippen LogP contribution in [0.15, 0.2) is 47.4 Å². The lowest BCUT2D eigenvalue weighted by Crippen LogP contribution is -2.16. The Morgan fingerprint density at radius 1 is 1.17 bits per heavy atom. The molecule has 2 aromatic carbocycles. The molecule has 0 bridgehead atoms. The molecule has 0 saturated carbocycles. The zero-order valence-electron chi connectivity index (χ0n) is 12.9. The molecule has 0 aliphatic heterocycles. The third kappa shape index (κ3) is 4.70. The summed E-state index contributed by atoms with van der Waals surface area (Å²) in [6, 6.07) is 11.2. The molecule has 2 aromatic rings. The van der Waals surface area contributed by atoms with Crippen molar-refractivity contribution >= 4 is 27.6 Å². The molecule has 24 heavy (non-hydrogen) atoms. The number of aryl methyl sites for hydroxylation is 1. The first-order chi connectivity index (χ1) is 11.3. The minimum atomic E-state index is -4.02. The predicted molar refractivity (Wildman–Crippen MR) is 89.8 cm³/mol. The number of nitrogens with two attached hydrogens (primary N) is 1. The van der Waals surface area contributed by atoms with Crippen LogP contribution < -0.4 is 9.88 Å². The molecule has 0 saturated heterocycles. The van der Waals surface area contributed by atoms with Crippen molar-refractivity contribution in [2.24, 2.45) is 5.14 Å². The van der Waals surface area contributed by atoms with Gasteiger partial charge in [0.1, 0.15) is 23.9 Å². The van der Waals surface area contributed by atoms with Gasteiger partial charge < -0.3 is 9.47 Å². The van der Waals surface area contributed by atoms with Crippen LogP contribution in [-0.4, -0.2) is 27.6 Å². The molecule has 0 aliphatic rings. The zero-order valence-corrected chi connectivity index (χ0v) is 14.4. The van der Waals surface area contributed by atoms with Crippen LogP contribution in [0.2, 0.25) is 5.02 Å². The standard InChI is InChI=1S/C16H16ClNO5S/c1-11-4-2-3-5-14(11)22-8-9-23-16(19)12-6-7-13(17)15(10-12)24(18,20)21/h2-7,10H,8-9H2,1H3,(H2,18,20,21). The van der Waals surface area contributed by atoms with Crippen LogP contribution in [0.4, 0.5) is 0 Å². The van der Waals surface area contributed by atoms with Gasteiger partial charge in [-0.3, -0.25) is 0 Å². The first-order valence-electron chi connectivity index (χ1n) is 6.97. The number of hydrogen-bond acceptors (Lipinski definition) is 5. The Kier molecular flexibility index (Phi) is 5.82. The molecule has 0 unspecified atom stereocenters. The lowest BCUT2D eigenvalue weighted by atomic mass is 10.2. The van der Waals surface area contributed by atoms with Crippen molar-refractivity contribution in [3.63, 3.8) is 0 Å². The summed E-state index contributed by atoms with van der Waals surface area (Å²) >= 11 is 5.76. The van der Waals surface area contributed by atoms with Crippen LogP contribution in [-0.2, 0) is 14.8 Å². The van der Waals surface area contributed by atoms with Crippen molar-refractivity contribution in [1.82, 2.24) is 0 Å². The summed E-state index contributed by atoms with van der Waals surface area (Å²) < 4.78 is 33.4. The Hall–Kier alpha value is -2.09. The Balaban J connectivity index is 1.95. The summed E-state index contributed by atoms with van der Waals surface area (Å²) in [6.45, 7) is 2.09. The molecule has 128 valence electrons. The molecule has 2 rings (SSSR count). The minimum Gasteiger partial charge on any atom is -0.490 e.